The molecule has 0 aliphatic heterocycles. The Morgan fingerprint density at radius 1 is 1.24 bits per heavy atom. The van der Waals surface area contributed by atoms with Gasteiger partial charge in [0, 0.05) is 12.7 Å². The number of aromatic nitrogens is 1. The van der Waals surface area contributed by atoms with E-state index >= 15 is 0 Å². The van der Waals surface area contributed by atoms with Crippen molar-refractivity contribution in [2.24, 2.45) is 0 Å². The van der Waals surface area contributed by atoms with Gasteiger partial charge < -0.3 is 10.4 Å². The van der Waals surface area contributed by atoms with Crippen LogP contribution in [0.25, 0.3) is 0 Å². The first kappa shape index (κ1) is 11.7. The second-order valence-electron chi connectivity index (χ2n) is 3.81. The van der Waals surface area contributed by atoms with E-state index in [0.29, 0.717) is 11.7 Å². The van der Waals surface area contributed by atoms with Crippen molar-refractivity contribution in [1.29, 1.82) is 0 Å². The van der Waals surface area contributed by atoms with Crippen molar-refractivity contribution in [3.8, 4) is 5.75 Å². The van der Waals surface area contributed by atoms with Gasteiger partial charge in [0.25, 0.3) is 0 Å². The largest absolute Gasteiger partial charge is 0.508 e. The lowest BCUT2D eigenvalue weighted by molar-refractivity contribution is 0.475. The number of benzene rings is 1. The van der Waals surface area contributed by atoms with Crippen molar-refractivity contribution in [2.45, 2.75) is 13.5 Å². The zero-order valence-electron chi connectivity index (χ0n) is 9.44. The number of hydrogen-bond donors (Lipinski definition) is 2. The van der Waals surface area contributed by atoms with E-state index in [1.54, 1.807) is 18.3 Å². The summed E-state index contributed by atoms with van der Waals surface area (Å²) >= 11 is 6.01. The number of phenolic OH excluding ortho intramolecular Hbond substituents is 1. The number of pyridine rings is 1. The zero-order chi connectivity index (χ0) is 12.3. The number of aryl methyl sites for hydroxylation is 1. The summed E-state index contributed by atoms with van der Waals surface area (Å²) in [4.78, 5) is 4.03. The summed E-state index contributed by atoms with van der Waals surface area (Å²) in [6.45, 7) is 2.62. The average molecular weight is 249 g/mol. The number of nitrogens with zero attached hydrogens (tertiary/aromatic N) is 1. The molecular formula is C13H13ClN2O. The van der Waals surface area contributed by atoms with Crippen LogP contribution in [0.1, 0.15) is 11.1 Å². The molecule has 2 N–H and O–H groups in total. The monoisotopic (exact) mass is 248 g/mol. The number of anilines is 1. The molecule has 0 aliphatic rings. The molecule has 0 saturated carbocycles. The van der Waals surface area contributed by atoms with Gasteiger partial charge in [-0.3, -0.25) is 0 Å². The molecule has 0 bridgehead atoms. The topological polar surface area (TPSA) is 45.2 Å². The molecule has 0 unspecified atom stereocenters. The maximum absolute atomic E-state index is 9.18. The second-order valence-corrected chi connectivity index (χ2v) is 4.17. The van der Waals surface area contributed by atoms with Gasteiger partial charge in [-0.05, 0) is 36.2 Å². The lowest BCUT2D eigenvalue weighted by Gasteiger charge is -2.10. The maximum Gasteiger partial charge on any atom is 0.152 e. The first-order valence-corrected chi connectivity index (χ1v) is 5.67. The fraction of sp³-hybridized carbons (Fsp3) is 0.154. The number of rotatable bonds is 3. The Morgan fingerprint density at radius 2 is 1.94 bits per heavy atom. The lowest BCUT2D eigenvalue weighted by Crippen LogP contribution is -2.02. The summed E-state index contributed by atoms with van der Waals surface area (Å²) < 4.78 is 0. The summed E-state index contributed by atoms with van der Waals surface area (Å²) in [7, 11) is 0. The Hall–Kier alpha value is -1.74. The first-order chi connectivity index (χ1) is 8.16. The summed E-state index contributed by atoms with van der Waals surface area (Å²) in [6, 6.07) is 8.96. The van der Waals surface area contributed by atoms with E-state index < -0.39 is 0 Å². The molecule has 88 valence electrons. The van der Waals surface area contributed by atoms with Crippen LogP contribution in [0, 0.1) is 6.92 Å². The fourth-order valence-corrected chi connectivity index (χ4v) is 1.81. The standard InChI is InChI=1S/C13H13ClN2O/c1-9-6-7-15-13(14)12(9)16-8-10-2-4-11(17)5-3-10/h2-7,16-17H,8H2,1H3. The van der Waals surface area contributed by atoms with Crippen LogP contribution >= 0.6 is 11.6 Å². The van der Waals surface area contributed by atoms with E-state index in [4.69, 9.17) is 11.6 Å². The molecule has 0 saturated heterocycles. The van der Waals surface area contributed by atoms with E-state index in [1.165, 1.54) is 0 Å². The SMILES string of the molecule is Cc1ccnc(Cl)c1NCc1ccc(O)cc1. The number of phenols is 1. The second kappa shape index (κ2) is 5.06. The van der Waals surface area contributed by atoms with Crippen LogP contribution < -0.4 is 5.32 Å². The molecule has 1 aromatic heterocycles. The van der Waals surface area contributed by atoms with Crippen LogP contribution in [0.15, 0.2) is 36.5 Å². The molecule has 2 aromatic rings. The van der Waals surface area contributed by atoms with E-state index in [2.05, 4.69) is 10.3 Å². The van der Waals surface area contributed by atoms with Gasteiger partial charge >= 0.3 is 0 Å². The third-order valence-corrected chi connectivity index (χ3v) is 2.81. The fourth-order valence-electron chi connectivity index (χ4n) is 1.54. The van der Waals surface area contributed by atoms with Crippen LogP contribution in [0.2, 0.25) is 5.15 Å². The van der Waals surface area contributed by atoms with Crippen molar-refractivity contribution >= 4 is 17.3 Å². The van der Waals surface area contributed by atoms with Gasteiger partial charge in [-0.1, -0.05) is 23.7 Å². The van der Waals surface area contributed by atoms with Crippen molar-refractivity contribution in [3.05, 3.63) is 52.8 Å². The summed E-state index contributed by atoms with van der Waals surface area (Å²) in [5.41, 5.74) is 2.98. The van der Waals surface area contributed by atoms with Gasteiger partial charge in [0.2, 0.25) is 0 Å². The summed E-state index contributed by atoms with van der Waals surface area (Å²) in [5, 5.41) is 12.9. The van der Waals surface area contributed by atoms with Crippen molar-refractivity contribution in [2.75, 3.05) is 5.32 Å². The molecular weight excluding hydrogens is 236 g/mol. The van der Waals surface area contributed by atoms with Gasteiger partial charge in [-0.2, -0.15) is 0 Å². The average Bonchev–Trinajstić information content (AvgIpc) is 2.31. The molecule has 4 heteroatoms. The predicted octanol–water partition coefficient (Wildman–Crippen LogP) is 3.36. The van der Waals surface area contributed by atoms with E-state index in [-0.39, 0.29) is 5.75 Å². The molecule has 2 rings (SSSR count). The highest BCUT2D eigenvalue weighted by Crippen LogP contribution is 2.23. The van der Waals surface area contributed by atoms with Crippen LogP contribution in [-0.2, 0) is 6.54 Å². The Bertz CT molecular complexity index is 491. The summed E-state index contributed by atoms with van der Waals surface area (Å²) in [5.74, 6) is 0.268. The molecule has 0 amide bonds. The van der Waals surface area contributed by atoms with E-state index in [9.17, 15) is 5.11 Å². The Morgan fingerprint density at radius 3 is 2.59 bits per heavy atom. The highest BCUT2D eigenvalue weighted by Gasteiger charge is 2.04. The Kier molecular flexibility index (Phi) is 3.49. The van der Waals surface area contributed by atoms with Crippen molar-refractivity contribution in [3.63, 3.8) is 0 Å². The van der Waals surface area contributed by atoms with Crippen LogP contribution in [-0.4, -0.2) is 10.1 Å². The summed E-state index contributed by atoms with van der Waals surface area (Å²) in [6.07, 6.45) is 1.68. The number of halogens is 1. The van der Waals surface area contributed by atoms with Gasteiger partial charge in [-0.15, -0.1) is 0 Å². The van der Waals surface area contributed by atoms with Crippen molar-refractivity contribution in [1.82, 2.24) is 4.98 Å². The minimum Gasteiger partial charge on any atom is -0.508 e. The van der Waals surface area contributed by atoms with Gasteiger partial charge in [0.15, 0.2) is 5.15 Å². The third-order valence-electron chi connectivity index (χ3n) is 2.52. The minimum absolute atomic E-state index is 0.268. The Labute approximate surface area is 105 Å². The molecule has 0 spiro atoms. The van der Waals surface area contributed by atoms with Crippen LogP contribution in [0.5, 0.6) is 5.75 Å². The quantitative estimate of drug-likeness (QED) is 0.819. The molecule has 3 nitrogen and oxygen atoms in total. The van der Waals surface area contributed by atoms with Crippen LogP contribution in [0.3, 0.4) is 0 Å². The number of nitrogens with one attached hydrogen (secondary N) is 1. The number of hydrogen-bond acceptors (Lipinski definition) is 3. The smallest absolute Gasteiger partial charge is 0.152 e. The van der Waals surface area contributed by atoms with Gasteiger partial charge in [-0.25, -0.2) is 4.98 Å². The van der Waals surface area contributed by atoms with E-state index in [0.717, 1.165) is 16.8 Å². The first-order valence-electron chi connectivity index (χ1n) is 5.29. The lowest BCUT2D eigenvalue weighted by atomic mass is 10.2. The molecule has 0 atom stereocenters. The molecule has 17 heavy (non-hydrogen) atoms. The molecule has 0 radical (unpaired) electrons. The van der Waals surface area contributed by atoms with Gasteiger partial charge in [0.05, 0.1) is 5.69 Å². The molecule has 1 aromatic carbocycles. The Balaban J connectivity index is 2.10. The minimum atomic E-state index is 0.268. The molecule has 1 heterocycles. The predicted molar refractivity (Wildman–Crippen MR) is 69.4 cm³/mol. The molecule has 0 fully saturated rings. The zero-order valence-corrected chi connectivity index (χ0v) is 10.2. The normalized spacial score (nSPS) is 10.2. The maximum atomic E-state index is 9.18. The third kappa shape index (κ3) is 2.88. The van der Waals surface area contributed by atoms with E-state index in [1.807, 2.05) is 25.1 Å². The van der Waals surface area contributed by atoms with Gasteiger partial charge in [0.1, 0.15) is 5.75 Å². The molecule has 0 aliphatic carbocycles. The highest BCUT2D eigenvalue weighted by molar-refractivity contribution is 6.32. The highest BCUT2D eigenvalue weighted by atomic mass is 35.5. The van der Waals surface area contributed by atoms with Crippen LogP contribution in [0.4, 0.5) is 5.69 Å². The van der Waals surface area contributed by atoms with Crippen molar-refractivity contribution < 1.29 is 5.11 Å². The number of aromatic hydroxyl groups is 1.